The lowest BCUT2D eigenvalue weighted by molar-refractivity contribution is -0.118. The van der Waals surface area contributed by atoms with Crippen LogP contribution in [0.5, 0.6) is 5.88 Å². The van der Waals surface area contributed by atoms with E-state index in [-0.39, 0.29) is 18.6 Å². The molecule has 10 nitrogen and oxygen atoms in total. The van der Waals surface area contributed by atoms with Gasteiger partial charge in [-0.2, -0.15) is 0 Å². The fourth-order valence-corrected chi connectivity index (χ4v) is 4.14. The van der Waals surface area contributed by atoms with Gasteiger partial charge in [0.2, 0.25) is 5.88 Å². The maximum Gasteiger partial charge on any atom is 0.262 e. The topological polar surface area (TPSA) is 117 Å². The van der Waals surface area contributed by atoms with Gasteiger partial charge >= 0.3 is 0 Å². The molecule has 5 heterocycles. The average molecular weight is 443 g/mol. The van der Waals surface area contributed by atoms with E-state index >= 15 is 0 Å². The van der Waals surface area contributed by atoms with Gasteiger partial charge in [-0.3, -0.25) is 4.79 Å². The molecule has 0 aliphatic carbocycles. The molecular weight excluding hydrogens is 422 g/mol. The average Bonchev–Trinajstić information content (AvgIpc) is 3.48. The van der Waals surface area contributed by atoms with E-state index in [0.717, 1.165) is 29.9 Å². The first-order valence-corrected chi connectivity index (χ1v) is 10.7. The number of aliphatic hydroxyl groups excluding tert-OH is 1. The Labute approximate surface area is 188 Å². The number of nitrogens with zero attached hydrogens (tertiary/aromatic N) is 5. The van der Waals surface area contributed by atoms with E-state index < -0.39 is 0 Å². The number of benzene rings is 1. The lowest BCUT2D eigenvalue weighted by Gasteiger charge is -2.18. The molecule has 10 heteroatoms. The lowest BCUT2D eigenvalue weighted by Crippen LogP contribution is -2.25. The van der Waals surface area contributed by atoms with Gasteiger partial charge < -0.3 is 29.8 Å². The molecule has 0 saturated carbocycles. The molecule has 1 fully saturated rings. The number of carbonyl (C=O) groups is 1. The van der Waals surface area contributed by atoms with Crippen molar-refractivity contribution in [1.82, 2.24) is 19.4 Å². The number of pyridine rings is 1. The predicted molar refractivity (Wildman–Crippen MR) is 123 cm³/mol. The van der Waals surface area contributed by atoms with Crippen LogP contribution in [-0.4, -0.2) is 56.2 Å². The predicted octanol–water partition coefficient (Wildman–Crippen LogP) is 2.44. The van der Waals surface area contributed by atoms with E-state index in [9.17, 15) is 9.90 Å². The largest absolute Gasteiger partial charge is 0.466 e. The van der Waals surface area contributed by atoms with E-state index in [1.54, 1.807) is 18.5 Å². The molecule has 2 aliphatic heterocycles. The number of rotatable bonds is 4. The normalized spacial score (nSPS) is 17.5. The number of β-amino-alcohol motifs (C(OH)–C–C–N with tert-alkyl or cyclic N) is 1. The Bertz CT molecular complexity index is 1350. The molecule has 1 aromatic carbocycles. The Balaban J connectivity index is 1.32. The van der Waals surface area contributed by atoms with Crippen molar-refractivity contribution in [2.24, 2.45) is 0 Å². The summed E-state index contributed by atoms with van der Waals surface area (Å²) >= 11 is 0. The van der Waals surface area contributed by atoms with Crippen LogP contribution in [0, 0.1) is 0 Å². The van der Waals surface area contributed by atoms with Crippen LogP contribution in [0.3, 0.4) is 0 Å². The number of aromatic nitrogens is 4. The maximum absolute atomic E-state index is 11.7. The molecule has 1 unspecified atom stereocenters. The summed E-state index contributed by atoms with van der Waals surface area (Å²) in [5, 5.41) is 15.9. The molecule has 3 N–H and O–H groups in total. The number of carbonyl (C=O) groups excluding carboxylic acids is 1. The van der Waals surface area contributed by atoms with Gasteiger partial charge in [0.05, 0.1) is 11.8 Å². The van der Waals surface area contributed by atoms with E-state index in [4.69, 9.17) is 9.72 Å². The zero-order valence-electron chi connectivity index (χ0n) is 17.6. The highest BCUT2D eigenvalue weighted by atomic mass is 16.5. The van der Waals surface area contributed by atoms with Crippen LogP contribution in [0.4, 0.5) is 22.9 Å². The zero-order chi connectivity index (χ0) is 22.4. The molecule has 1 saturated heterocycles. The zero-order valence-corrected chi connectivity index (χ0v) is 17.6. The summed E-state index contributed by atoms with van der Waals surface area (Å²) in [5.41, 5.74) is 4.56. The van der Waals surface area contributed by atoms with Crippen molar-refractivity contribution in [2.45, 2.75) is 12.5 Å². The molecule has 6 rings (SSSR count). The van der Waals surface area contributed by atoms with E-state index in [0.29, 0.717) is 35.3 Å². The second-order valence-corrected chi connectivity index (χ2v) is 8.11. The highest BCUT2D eigenvalue weighted by Crippen LogP contribution is 2.31. The van der Waals surface area contributed by atoms with Crippen LogP contribution in [0.25, 0.3) is 16.9 Å². The van der Waals surface area contributed by atoms with Gasteiger partial charge in [0.15, 0.2) is 18.1 Å². The first-order chi connectivity index (χ1) is 16.1. The van der Waals surface area contributed by atoms with Gasteiger partial charge in [-0.1, -0.05) is 0 Å². The first kappa shape index (κ1) is 19.5. The van der Waals surface area contributed by atoms with Gasteiger partial charge in [0.1, 0.15) is 5.69 Å². The minimum atomic E-state index is -0.263. The molecule has 33 heavy (non-hydrogen) atoms. The summed E-state index contributed by atoms with van der Waals surface area (Å²) in [7, 11) is 0. The fourth-order valence-electron chi connectivity index (χ4n) is 4.14. The third-order valence-electron chi connectivity index (χ3n) is 5.79. The van der Waals surface area contributed by atoms with Crippen LogP contribution < -0.4 is 20.3 Å². The molecular formula is C23H21N7O3. The summed E-state index contributed by atoms with van der Waals surface area (Å²) in [6.07, 6.45) is 7.63. The van der Waals surface area contributed by atoms with Crippen LogP contribution in [-0.2, 0) is 4.79 Å². The Kier molecular flexibility index (Phi) is 4.58. The molecule has 0 bridgehead atoms. The molecule has 0 radical (unpaired) electrons. The van der Waals surface area contributed by atoms with Crippen LogP contribution >= 0.6 is 0 Å². The van der Waals surface area contributed by atoms with Gasteiger partial charge in [-0.25, -0.2) is 15.0 Å². The highest BCUT2D eigenvalue weighted by molar-refractivity contribution is 5.95. The third-order valence-corrected chi connectivity index (χ3v) is 5.79. The van der Waals surface area contributed by atoms with Crippen molar-refractivity contribution in [2.75, 3.05) is 35.2 Å². The number of amides is 1. The number of anilines is 4. The van der Waals surface area contributed by atoms with E-state index in [1.807, 2.05) is 41.1 Å². The number of hydrogen-bond acceptors (Lipinski definition) is 8. The molecule has 1 amide bonds. The number of imidazole rings is 1. The van der Waals surface area contributed by atoms with Crippen molar-refractivity contribution in [3.8, 4) is 17.1 Å². The Morgan fingerprint density at radius 2 is 2.09 bits per heavy atom. The number of hydrogen-bond donors (Lipinski definition) is 3. The van der Waals surface area contributed by atoms with Gasteiger partial charge in [-0.15, -0.1) is 0 Å². The molecule has 166 valence electrons. The molecule has 3 aromatic heterocycles. The van der Waals surface area contributed by atoms with Crippen LogP contribution in [0.1, 0.15) is 6.42 Å². The molecule has 4 aromatic rings. The summed E-state index contributed by atoms with van der Waals surface area (Å²) in [4.78, 5) is 27.4. The number of nitrogens with one attached hydrogen (secondary N) is 2. The van der Waals surface area contributed by atoms with Crippen molar-refractivity contribution >= 4 is 34.4 Å². The SMILES string of the molecule is O=C1COc2ncc(-c3cn4ccnc4c(Nc4ccc(N5CCC(O)C5)cc4)n3)cc2N1. The number of fused-ring (bicyclic) bond motifs is 2. The third kappa shape index (κ3) is 3.70. The van der Waals surface area contributed by atoms with Crippen molar-refractivity contribution in [3.63, 3.8) is 0 Å². The standard InChI is InChI=1S/C23H21N7O3/c31-17-5-7-29(11-17)16-3-1-15(2-4-16)26-21-22-24-6-8-30(22)12-19(28-21)14-9-18-23(25-10-14)33-13-20(32)27-18/h1-4,6,8-10,12,17,31H,5,7,11,13H2,(H,26,28)(H,27,32). The summed E-state index contributed by atoms with van der Waals surface area (Å²) < 4.78 is 7.24. The Morgan fingerprint density at radius 1 is 1.21 bits per heavy atom. The lowest BCUT2D eigenvalue weighted by atomic mass is 10.2. The van der Waals surface area contributed by atoms with Crippen molar-refractivity contribution in [3.05, 3.63) is 55.1 Å². The Morgan fingerprint density at radius 3 is 2.91 bits per heavy atom. The van der Waals surface area contributed by atoms with Crippen LogP contribution in [0.15, 0.2) is 55.1 Å². The quantitative estimate of drug-likeness (QED) is 0.440. The van der Waals surface area contributed by atoms with E-state index in [2.05, 4.69) is 25.5 Å². The monoisotopic (exact) mass is 443 g/mol. The second-order valence-electron chi connectivity index (χ2n) is 8.11. The molecule has 0 spiro atoms. The maximum atomic E-state index is 11.7. The van der Waals surface area contributed by atoms with Crippen molar-refractivity contribution < 1.29 is 14.6 Å². The smallest absolute Gasteiger partial charge is 0.262 e. The minimum absolute atomic E-state index is 0.0379. The minimum Gasteiger partial charge on any atom is -0.466 e. The summed E-state index contributed by atoms with van der Waals surface area (Å²) in [6, 6.07) is 9.84. The fraction of sp³-hybridized carbons (Fsp3) is 0.217. The van der Waals surface area contributed by atoms with E-state index in [1.165, 1.54) is 0 Å². The summed E-state index contributed by atoms with van der Waals surface area (Å²) in [5.74, 6) is 0.777. The molecule has 2 aliphatic rings. The highest BCUT2D eigenvalue weighted by Gasteiger charge is 2.21. The van der Waals surface area contributed by atoms with Gasteiger partial charge in [-0.05, 0) is 36.8 Å². The van der Waals surface area contributed by atoms with Gasteiger partial charge in [0.25, 0.3) is 5.91 Å². The number of ether oxygens (including phenoxy) is 1. The number of aliphatic hydroxyl groups is 1. The second kappa shape index (κ2) is 7.75. The first-order valence-electron chi connectivity index (χ1n) is 10.7. The Hall–Kier alpha value is -4.18. The van der Waals surface area contributed by atoms with Crippen molar-refractivity contribution in [1.29, 1.82) is 0 Å². The molecule has 1 atom stereocenters. The van der Waals surface area contributed by atoms with Gasteiger partial charge in [0, 0.05) is 54.8 Å². The summed E-state index contributed by atoms with van der Waals surface area (Å²) in [6.45, 7) is 1.47. The van der Waals surface area contributed by atoms with Crippen LogP contribution in [0.2, 0.25) is 0 Å².